The molecule has 18 heavy (non-hydrogen) atoms. The summed E-state index contributed by atoms with van der Waals surface area (Å²) in [5, 5.41) is 12.5. The molecule has 1 N–H and O–H groups in total. The van der Waals surface area contributed by atoms with Gasteiger partial charge in [0.15, 0.2) is 0 Å². The lowest BCUT2D eigenvalue weighted by Gasteiger charge is -1.96. The lowest BCUT2D eigenvalue weighted by Crippen LogP contribution is -2.06. The van der Waals surface area contributed by atoms with Crippen LogP contribution in [0.3, 0.4) is 0 Å². The minimum absolute atomic E-state index is 0.0671. The van der Waals surface area contributed by atoms with E-state index in [0.29, 0.717) is 5.76 Å². The van der Waals surface area contributed by atoms with Gasteiger partial charge in [-0.3, -0.25) is 0 Å². The van der Waals surface area contributed by atoms with Gasteiger partial charge >= 0.3 is 11.9 Å². The van der Waals surface area contributed by atoms with Gasteiger partial charge in [0.25, 0.3) is 5.82 Å². The van der Waals surface area contributed by atoms with Crippen molar-refractivity contribution in [3.63, 3.8) is 0 Å². The zero-order valence-electron chi connectivity index (χ0n) is 9.36. The second-order valence-electron chi connectivity index (χ2n) is 3.33. The second kappa shape index (κ2) is 4.70. The minimum atomic E-state index is -1.14. The van der Waals surface area contributed by atoms with Crippen LogP contribution in [0.15, 0.2) is 22.9 Å². The van der Waals surface area contributed by atoms with Crippen molar-refractivity contribution in [2.75, 3.05) is 7.11 Å². The quantitative estimate of drug-likeness (QED) is 0.783. The van der Waals surface area contributed by atoms with Gasteiger partial charge < -0.3 is 14.3 Å². The Bertz CT molecular complexity index is 586. The Hall–Kier alpha value is -2.64. The van der Waals surface area contributed by atoms with E-state index in [0.717, 1.165) is 0 Å². The summed E-state index contributed by atoms with van der Waals surface area (Å²) in [6.07, 6.45) is 1.33. The normalized spacial score (nSPS) is 10.3. The number of rotatable bonds is 4. The number of nitrogens with zero attached hydrogens (tertiary/aromatic N) is 3. The third-order valence-electron chi connectivity index (χ3n) is 2.09. The largest absolute Gasteiger partial charge is 0.475 e. The van der Waals surface area contributed by atoms with Gasteiger partial charge in [-0.05, 0) is 12.1 Å². The monoisotopic (exact) mass is 251 g/mol. The number of hydrogen-bond donors (Lipinski definition) is 1. The van der Waals surface area contributed by atoms with E-state index in [1.165, 1.54) is 30.3 Å². The number of aromatic carboxylic acids is 1. The molecule has 2 rings (SSSR count). The molecule has 2 heterocycles. The van der Waals surface area contributed by atoms with Gasteiger partial charge in [0.05, 0.1) is 7.11 Å². The summed E-state index contributed by atoms with van der Waals surface area (Å²) >= 11 is 0. The molecule has 8 heteroatoms. The van der Waals surface area contributed by atoms with E-state index in [1.807, 2.05) is 0 Å². The molecule has 0 aliphatic heterocycles. The van der Waals surface area contributed by atoms with Crippen molar-refractivity contribution in [2.45, 2.75) is 6.54 Å². The summed E-state index contributed by atoms with van der Waals surface area (Å²) in [7, 11) is 1.23. The molecule has 2 aromatic heterocycles. The van der Waals surface area contributed by atoms with E-state index in [1.54, 1.807) is 0 Å². The molecule has 0 bridgehead atoms. The van der Waals surface area contributed by atoms with Crippen LogP contribution >= 0.6 is 0 Å². The van der Waals surface area contributed by atoms with Crippen LogP contribution in [0, 0.1) is 0 Å². The Labute approximate surface area is 101 Å². The minimum Gasteiger partial charge on any atom is -0.475 e. The first-order valence-corrected chi connectivity index (χ1v) is 4.90. The number of carbonyl (C=O) groups excluding carboxylic acids is 1. The van der Waals surface area contributed by atoms with E-state index in [9.17, 15) is 9.59 Å². The van der Waals surface area contributed by atoms with Crippen LogP contribution in [-0.2, 0) is 11.3 Å². The Morgan fingerprint density at radius 1 is 1.50 bits per heavy atom. The van der Waals surface area contributed by atoms with Crippen LogP contribution in [0.5, 0.6) is 0 Å². The van der Waals surface area contributed by atoms with Crippen LogP contribution in [-0.4, -0.2) is 38.9 Å². The van der Waals surface area contributed by atoms with Gasteiger partial charge in [0.2, 0.25) is 5.76 Å². The van der Waals surface area contributed by atoms with Crippen molar-refractivity contribution in [2.24, 2.45) is 0 Å². The van der Waals surface area contributed by atoms with Crippen molar-refractivity contribution in [1.82, 2.24) is 14.8 Å². The second-order valence-corrected chi connectivity index (χ2v) is 3.33. The van der Waals surface area contributed by atoms with Gasteiger partial charge in [-0.25, -0.2) is 19.3 Å². The molecule has 0 unspecified atom stereocenters. The fourth-order valence-electron chi connectivity index (χ4n) is 1.29. The number of carboxylic acid groups (broad SMARTS) is 1. The lowest BCUT2D eigenvalue weighted by atomic mass is 10.4. The molecule has 0 amide bonds. The predicted molar refractivity (Wildman–Crippen MR) is 56.1 cm³/mol. The Morgan fingerprint density at radius 3 is 2.89 bits per heavy atom. The third kappa shape index (κ3) is 2.37. The van der Waals surface area contributed by atoms with Gasteiger partial charge in [0.1, 0.15) is 18.6 Å². The topological polar surface area (TPSA) is 107 Å². The molecule has 8 nitrogen and oxygen atoms in total. The molecule has 0 aliphatic rings. The molecule has 0 aliphatic carbocycles. The predicted octanol–water partition coefficient (Wildman–Crippen LogP) is 0.404. The molecule has 0 aromatic carbocycles. The maximum absolute atomic E-state index is 11.1. The number of carbonyl (C=O) groups is 2. The van der Waals surface area contributed by atoms with Gasteiger partial charge in [0, 0.05) is 0 Å². The van der Waals surface area contributed by atoms with Crippen LogP contribution in [0.2, 0.25) is 0 Å². The fourth-order valence-corrected chi connectivity index (χ4v) is 1.29. The highest BCUT2D eigenvalue weighted by atomic mass is 16.5. The Morgan fingerprint density at radius 2 is 2.28 bits per heavy atom. The molecule has 94 valence electrons. The summed E-state index contributed by atoms with van der Waals surface area (Å²) < 4.78 is 10.8. The van der Waals surface area contributed by atoms with Crippen molar-refractivity contribution in [3.05, 3.63) is 35.8 Å². The van der Waals surface area contributed by atoms with Crippen LogP contribution in [0.25, 0.3) is 0 Å². The van der Waals surface area contributed by atoms with Crippen LogP contribution < -0.4 is 0 Å². The van der Waals surface area contributed by atoms with Crippen LogP contribution in [0.4, 0.5) is 0 Å². The number of carboxylic acids is 1. The SMILES string of the molecule is COC(=O)c1ncn(Cc2ccc(C(=O)O)o2)n1. The fraction of sp³-hybridized carbons (Fsp3) is 0.200. The average molecular weight is 251 g/mol. The molecular weight excluding hydrogens is 242 g/mol. The molecular formula is C10H9N3O5. The average Bonchev–Trinajstić information content (AvgIpc) is 2.98. The van der Waals surface area contributed by atoms with E-state index in [-0.39, 0.29) is 18.1 Å². The lowest BCUT2D eigenvalue weighted by molar-refractivity contribution is 0.0585. The number of ether oxygens (including phenoxy) is 1. The standard InChI is InChI=1S/C10H9N3O5/c1-17-10(16)8-11-5-13(12-8)4-6-2-3-7(18-6)9(14)15/h2-3,5H,4H2,1H3,(H,14,15). The summed E-state index contributed by atoms with van der Waals surface area (Å²) in [6, 6.07) is 2.86. The summed E-state index contributed by atoms with van der Waals surface area (Å²) in [5.74, 6) is -1.61. The zero-order valence-corrected chi connectivity index (χ0v) is 9.36. The van der Waals surface area contributed by atoms with E-state index >= 15 is 0 Å². The third-order valence-corrected chi connectivity index (χ3v) is 2.09. The zero-order chi connectivity index (χ0) is 13.1. The summed E-state index contributed by atoms with van der Waals surface area (Å²) in [5.41, 5.74) is 0. The number of methoxy groups -OCH3 is 1. The van der Waals surface area contributed by atoms with Gasteiger partial charge in [-0.1, -0.05) is 0 Å². The highest BCUT2D eigenvalue weighted by Crippen LogP contribution is 2.09. The van der Waals surface area contributed by atoms with Gasteiger partial charge in [-0.15, -0.1) is 5.10 Å². The molecule has 0 saturated heterocycles. The number of hydrogen-bond acceptors (Lipinski definition) is 6. The van der Waals surface area contributed by atoms with Crippen molar-refractivity contribution in [3.8, 4) is 0 Å². The first-order valence-electron chi connectivity index (χ1n) is 4.90. The maximum Gasteiger partial charge on any atom is 0.377 e. The van der Waals surface area contributed by atoms with E-state index in [2.05, 4.69) is 14.8 Å². The smallest absolute Gasteiger partial charge is 0.377 e. The van der Waals surface area contributed by atoms with E-state index < -0.39 is 11.9 Å². The molecule has 2 aromatic rings. The van der Waals surface area contributed by atoms with Crippen molar-refractivity contribution in [1.29, 1.82) is 0 Å². The highest BCUT2D eigenvalue weighted by Gasteiger charge is 2.13. The molecule has 0 radical (unpaired) electrons. The number of aromatic nitrogens is 3. The summed E-state index contributed by atoms with van der Waals surface area (Å²) in [4.78, 5) is 25.5. The number of esters is 1. The first-order chi connectivity index (χ1) is 8.60. The Kier molecular flexibility index (Phi) is 3.09. The van der Waals surface area contributed by atoms with E-state index in [4.69, 9.17) is 9.52 Å². The molecule has 0 fully saturated rings. The van der Waals surface area contributed by atoms with Crippen molar-refractivity contribution < 1.29 is 23.8 Å². The highest BCUT2D eigenvalue weighted by molar-refractivity contribution is 5.84. The maximum atomic E-state index is 11.1. The molecule has 0 spiro atoms. The molecule has 0 atom stereocenters. The first kappa shape index (κ1) is 11.8. The van der Waals surface area contributed by atoms with Crippen LogP contribution in [0.1, 0.15) is 26.9 Å². The summed E-state index contributed by atoms with van der Waals surface area (Å²) in [6.45, 7) is 0.178. The Balaban J connectivity index is 2.11. The number of furan rings is 1. The van der Waals surface area contributed by atoms with Crippen molar-refractivity contribution >= 4 is 11.9 Å². The molecule has 0 saturated carbocycles. The van der Waals surface area contributed by atoms with Gasteiger partial charge in [-0.2, -0.15) is 0 Å².